The topological polar surface area (TPSA) is 52.6 Å². The number of hydrogen-bond donors (Lipinski definition) is 0. The summed E-state index contributed by atoms with van der Waals surface area (Å²) in [5, 5.41) is 0. The van der Waals surface area contributed by atoms with Crippen LogP contribution in [0.25, 0.3) is 0 Å². The van der Waals surface area contributed by atoms with E-state index in [0.717, 1.165) is 0 Å². The van der Waals surface area contributed by atoms with Crippen LogP contribution in [0.1, 0.15) is 6.92 Å². The molecule has 0 bridgehead atoms. The fourth-order valence-corrected chi connectivity index (χ4v) is 0.711. The molecule has 0 atom stereocenters. The van der Waals surface area contributed by atoms with E-state index in [1.807, 2.05) is 0 Å². The molecule has 0 aliphatic carbocycles. The Morgan fingerprint density at radius 2 is 1.92 bits per heavy atom. The lowest BCUT2D eigenvalue weighted by atomic mass is 10.2. The summed E-state index contributed by atoms with van der Waals surface area (Å²) in [6.45, 7) is 1.49. The van der Waals surface area contributed by atoms with Gasteiger partial charge in [-0.05, 0) is 6.92 Å². The van der Waals surface area contributed by atoms with E-state index in [0.29, 0.717) is 0 Å². The fourth-order valence-electron chi connectivity index (χ4n) is 0.711. The molecule has 0 N–H and O–H groups in total. The second-order valence-electron chi connectivity index (χ2n) is 2.05. The molecule has 12 heavy (non-hydrogen) atoms. The van der Waals surface area contributed by atoms with Crippen molar-refractivity contribution in [2.45, 2.75) is 6.92 Å². The molecule has 0 amide bonds. The number of allylic oxidation sites excluding steroid dienone is 1. The number of rotatable bonds is 4. The third-order valence-electron chi connectivity index (χ3n) is 1.27. The van der Waals surface area contributed by atoms with Gasteiger partial charge in [0.25, 0.3) is 0 Å². The standard InChI is InChI=1S/C8H12O4/c1-4-6(8(10)12-3)7(9)5-11-2/h4H,5H2,1-3H3/b6-4-. The van der Waals surface area contributed by atoms with E-state index in [2.05, 4.69) is 9.47 Å². The van der Waals surface area contributed by atoms with Crippen molar-refractivity contribution in [2.24, 2.45) is 0 Å². The summed E-state index contributed by atoms with van der Waals surface area (Å²) in [7, 11) is 2.62. The van der Waals surface area contributed by atoms with Crippen LogP contribution in [0.15, 0.2) is 11.6 Å². The van der Waals surface area contributed by atoms with Gasteiger partial charge in [-0.15, -0.1) is 0 Å². The zero-order valence-electron chi connectivity index (χ0n) is 7.42. The van der Waals surface area contributed by atoms with Crippen LogP contribution >= 0.6 is 0 Å². The zero-order valence-corrected chi connectivity index (χ0v) is 7.42. The second kappa shape index (κ2) is 5.49. The number of methoxy groups -OCH3 is 2. The highest BCUT2D eigenvalue weighted by Crippen LogP contribution is 1.99. The Balaban J connectivity index is 4.37. The average molecular weight is 172 g/mol. The predicted molar refractivity (Wildman–Crippen MR) is 42.7 cm³/mol. The average Bonchev–Trinajstić information content (AvgIpc) is 2.06. The molecular formula is C8H12O4. The van der Waals surface area contributed by atoms with Gasteiger partial charge in [0, 0.05) is 7.11 Å². The van der Waals surface area contributed by atoms with E-state index in [9.17, 15) is 9.59 Å². The number of hydrogen-bond acceptors (Lipinski definition) is 4. The van der Waals surface area contributed by atoms with Crippen molar-refractivity contribution in [3.63, 3.8) is 0 Å². The lowest BCUT2D eigenvalue weighted by Gasteiger charge is -2.01. The molecule has 0 radical (unpaired) electrons. The molecule has 0 rings (SSSR count). The smallest absolute Gasteiger partial charge is 0.341 e. The summed E-state index contributed by atoms with van der Waals surface area (Å²) in [5.41, 5.74) is 0.0272. The van der Waals surface area contributed by atoms with E-state index >= 15 is 0 Å². The highest BCUT2D eigenvalue weighted by molar-refractivity contribution is 6.17. The van der Waals surface area contributed by atoms with Gasteiger partial charge in [0.2, 0.25) is 0 Å². The lowest BCUT2D eigenvalue weighted by molar-refractivity contribution is -0.138. The van der Waals surface area contributed by atoms with Crippen molar-refractivity contribution in [1.29, 1.82) is 0 Å². The van der Waals surface area contributed by atoms with Gasteiger partial charge in [-0.3, -0.25) is 4.79 Å². The molecule has 0 aromatic rings. The molecule has 0 saturated carbocycles. The molecule has 4 heteroatoms. The highest BCUT2D eigenvalue weighted by Gasteiger charge is 2.16. The van der Waals surface area contributed by atoms with Crippen LogP contribution in [0.5, 0.6) is 0 Å². The lowest BCUT2D eigenvalue weighted by Crippen LogP contribution is -2.18. The monoisotopic (exact) mass is 172 g/mol. The Morgan fingerprint density at radius 1 is 1.33 bits per heavy atom. The normalized spacial score (nSPS) is 11.1. The maximum absolute atomic E-state index is 11.1. The van der Waals surface area contributed by atoms with E-state index in [1.54, 1.807) is 6.92 Å². The maximum Gasteiger partial charge on any atom is 0.341 e. The highest BCUT2D eigenvalue weighted by atomic mass is 16.5. The number of carbonyl (C=O) groups excluding carboxylic acids is 2. The minimum atomic E-state index is -0.625. The third-order valence-corrected chi connectivity index (χ3v) is 1.27. The van der Waals surface area contributed by atoms with Gasteiger partial charge in [0.15, 0.2) is 5.78 Å². The van der Waals surface area contributed by atoms with Crippen LogP contribution in [0.4, 0.5) is 0 Å². The summed E-state index contributed by atoms with van der Waals surface area (Å²) < 4.78 is 8.97. The molecule has 0 saturated heterocycles. The molecule has 0 heterocycles. The first-order chi connectivity index (χ1) is 5.67. The van der Waals surface area contributed by atoms with E-state index in [1.165, 1.54) is 20.3 Å². The first-order valence-electron chi connectivity index (χ1n) is 3.44. The van der Waals surface area contributed by atoms with Crippen LogP contribution in [0.2, 0.25) is 0 Å². The minimum Gasteiger partial charge on any atom is -0.465 e. The molecule has 0 aromatic carbocycles. The van der Waals surface area contributed by atoms with Crippen LogP contribution in [-0.4, -0.2) is 32.6 Å². The van der Waals surface area contributed by atoms with Crippen molar-refractivity contribution in [3.8, 4) is 0 Å². The molecule has 0 aromatic heterocycles. The first kappa shape index (κ1) is 10.8. The summed E-state index contributed by atoms with van der Waals surface area (Å²) in [5.74, 6) is -0.994. The van der Waals surface area contributed by atoms with Crippen molar-refractivity contribution in [1.82, 2.24) is 0 Å². The Bertz CT molecular complexity index is 205. The van der Waals surface area contributed by atoms with E-state index in [-0.39, 0.29) is 18.0 Å². The van der Waals surface area contributed by atoms with Gasteiger partial charge >= 0.3 is 5.97 Å². The van der Waals surface area contributed by atoms with Gasteiger partial charge in [-0.25, -0.2) is 4.79 Å². The van der Waals surface area contributed by atoms with Crippen molar-refractivity contribution < 1.29 is 19.1 Å². The molecule has 0 fully saturated rings. The van der Waals surface area contributed by atoms with Gasteiger partial charge in [0.1, 0.15) is 12.2 Å². The van der Waals surface area contributed by atoms with Gasteiger partial charge in [-0.2, -0.15) is 0 Å². The third kappa shape index (κ3) is 2.84. The Labute approximate surface area is 71.2 Å². The number of esters is 1. The molecule has 0 aliphatic heterocycles. The zero-order chi connectivity index (χ0) is 9.56. The molecular weight excluding hydrogens is 160 g/mol. The molecule has 0 spiro atoms. The van der Waals surface area contributed by atoms with E-state index in [4.69, 9.17) is 0 Å². The first-order valence-corrected chi connectivity index (χ1v) is 3.44. The quantitative estimate of drug-likeness (QED) is 0.265. The van der Waals surface area contributed by atoms with Crippen molar-refractivity contribution in [2.75, 3.05) is 20.8 Å². The van der Waals surface area contributed by atoms with Gasteiger partial charge in [0.05, 0.1) is 7.11 Å². The van der Waals surface area contributed by atoms with Crippen LogP contribution < -0.4 is 0 Å². The van der Waals surface area contributed by atoms with E-state index < -0.39 is 5.97 Å². The summed E-state index contributed by atoms with van der Waals surface area (Å²) in [6, 6.07) is 0. The minimum absolute atomic E-state index is 0.0272. The maximum atomic E-state index is 11.1. The number of carbonyl (C=O) groups is 2. The van der Waals surface area contributed by atoms with Crippen LogP contribution in [-0.2, 0) is 19.1 Å². The molecule has 68 valence electrons. The summed E-state index contributed by atoms with van der Waals surface area (Å²) in [6.07, 6.45) is 1.41. The van der Waals surface area contributed by atoms with Gasteiger partial charge in [-0.1, -0.05) is 6.08 Å². The Hall–Kier alpha value is -1.16. The van der Waals surface area contributed by atoms with Crippen molar-refractivity contribution >= 4 is 11.8 Å². The summed E-state index contributed by atoms with van der Waals surface area (Å²) >= 11 is 0. The van der Waals surface area contributed by atoms with Gasteiger partial charge < -0.3 is 9.47 Å². The largest absolute Gasteiger partial charge is 0.465 e. The van der Waals surface area contributed by atoms with Crippen LogP contribution in [0, 0.1) is 0 Å². The number of ketones is 1. The number of ether oxygens (including phenoxy) is 2. The predicted octanol–water partition coefficient (Wildman–Crippen LogP) is 0.321. The van der Waals surface area contributed by atoms with Crippen molar-refractivity contribution in [3.05, 3.63) is 11.6 Å². The molecule has 0 unspecified atom stereocenters. The molecule has 4 nitrogen and oxygen atoms in total. The Kier molecular flexibility index (Phi) is 4.96. The SMILES string of the molecule is C/C=C(/C(=O)COC)C(=O)OC. The number of Topliss-reactive ketones (excluding diaryl/α,β-unsaturated/α-hetero) is 1. The molecule has 0 aliphatic rings. The summed E-state index contributed by atoms with van der Waals surface area (Å²) in [4.78, 5) is 22.0. The van der Waals surface area contributed by atoms with Crippen LogP contribution in [0.3, 0.4) is 0 Å². The second-order valence-corrected chi connectivity index (χ2v) is 2.05. The Morgan fingerprint density at radius 3 is 2.25 bits per heavy atom. The fraction of sp³-hybridized carbons (Fsp3) is 0.500.